The van der Waals surface area contributed by atoms with Gasteiger partial charge in [-0.25, -0.2) is 14.6 Å². The molecule has 44 heavy (non-hydrogen) atoms. The molecule has 4 heterocycles. The van der Waals surface area contributed by atoms with Crippen LogP contribution in [0.3, 0.4) is 0 Å². The molecule has 1 unspecified atom stereocenters. The SMILES string of the molecule is O=C(Nc1ccccc1)C1Cn2ccnc2C2(CCN(C(=O)c3ccn[nH]3)CC2)O1.O=C(O)C(F)(F)F.O=C(O)C(F)(F)F. The Labute approximate surface area is 243 Å². The zero-order valence-electron chi connectivity index (χ0n) is 22.3. The normalized spacial score (nSPS) is 17.2. The fraction of sp³-hybridized carbons (Fsp3) is 0.360. The van der Waals surface area contributed by atoms with E-state index in [1.54, 1.807) is 23.4 Å². The number of halogens is 6. The van der Waals surface area contributed by atoms with Crippen molar-refractivity contribution in [2.75, 3.05) is 18.4 Å². The molecule has 0 saturated carbocycles. The highest BCUT2D eigenvalue weighted by Gasteiger charge is 2.48. The first-order valence-corrected chi connectivity index (χ1v) is 12.5. The molecular weight excluding hydrogens is 610 g/mol. The van der Waals surface area contributed by atoms with Crippen LogP contribution < -0.4 is 5.32 Å². The van der Waals surface area contributed by atoms with Crippen LogP contribution in [0, 0.1) is 0 Å². The van der Waals surface area contributed by atoms with Crippen molar-refractivity contribution in [1.82, 2.24) is 24.6 Å². The summed E-state index contributed by atoms with van der Waals surface area (Å²) >= 11 is 0. The second-order valence-corrected chi connectivity index (χ2v) is 9.23. The molecule has 1 spiro atoms. The molecule has 4 N–H and O–H groups in total. The maximum Gasteiger partial charge on any atom is 0.490 e. The Kier molecular flexibility index (Phi) is 10.4. The number of carbonyl (C=O) groups excluding carboxylic acids is 2. The summed E-state index contributed by atoms with van der Waals surface area (Å²) in [4.78, 5) is 49.6. The van der Waals surface area contributed by atoms with Crippen molar-refractivity contribution in [3.05, 3.63) is 66.5 Å². The minimum absolute atomic E-state index is 0.0835. The molecule has 2 aromatic heterocycles. The number of imidazole rings is 1. The smallest absolute Gasteiger partial charge is 0.475 e. The number of amides is 2. The third-order valence-corrected chi connectivity index (χ3v) is 6.26. The highest BCUT2D eigenvalue weighted by Crippen LogP contribution is 2.40. The average molecular weight is 634 g/mol. The number of nitrogens with zero attached hydrogens (tertiary/aromatic N) is 4. The molecule has 3 aromatic rings. The van der Waals surface area contributed by atoms with E-state index in [4.69, 9.17) is 24.5 Å². The Morgan fingerprint density at radius 2 is 1.50 bits per heavy atom. The number of alkyl halides is 6. The summed E-state index contributed by atoms with van der Waals surface area (Å²) in [6, 6.07) is 11.0. The van der Waals surface area contributed by atoms with Crippen molar-refractivity contribution in [3.63, 3.8) is 0 Å². The molecule has 2 aliphatic heterocycles. The number of anilines is 1. The van der Waals surface area contributed by atoms with Crippen molar-refractivity contribution >= 4 is 29.4 Å². The lowest BCUT2D eigenvalue weighted by molar-refractivity contribution is -0.193. The van der Waals surface area contributed by atoms with Crippen LogP contribution in [-0.2, 0) is 31.3 Å². The topological polar surface area (TPSA) is 180 Å². The maximum atomic E-state index is 12.9. The molecule has 1 aromatic carbocycles. The summed E-state index contributed by atoms with van der Waals surface area (Å²) in [6.07, 6.45) is -4.49. The van der Waals surface area contributed by atoms with Gasteiger partial charge in [-0.15, -0.1) is 0 Å². The van der Waals surface area contributed by atoms with Gasteiger partial charge < -0.3 is 29.7 Å². The molecule has 2 amide bonds. The molecule has 19 heteroatoms. The van der Waals surface area contributed by atoms with E-state index in [1.807, 2.05) is 41.1 Å². The van der Waals surface area contributed by atoms with Gasteiger partial charge in [0.2, 0.25) is 0 Å². The zero-order chi connectivity index (χ0) is 32.7. The van der Waals surface area contributed by atoms with Gasteiger partial charge in [-0.2, -0.15) is 31.4 Å². The molecule has 1 atom stereocenters. The predicted molar refractivity (Wildman–Crippen MR) is 135 cm³/mol. The summed E-state index contributed by atoms with van der Waals surface area (Å²) in [5.41, 5.74) is 0.513. The molecule has 2 aliphatic rings. The monoisotopic (exact) mass is 634 g/mol. The highest BCUT2D eigenvalue weighted by atomic mass is 19.4. The van der Waals surface area contributed by atoms with Crippen LogP contribution in [0.1, 0.15) is 29.2 Å². The van der Waals surface area contributed by atoms with Crippen molar-refractivity contribution in [2.24, 2.45) is 0 Å². The van der Waals surface area contributed by atoms with Crippen LogP contribution in [0.2, 0.25) is 0 Å². The van der Waals surface area contributed by atoms with E-state index in [2.05, 4.69) is 20.5 Å². The molecule has 13 nitrogen and oxygen atoms in total. The number of fused-ring (bicyclic) bond motifs is 2. The second-order valence-electron chi connectivity index (χ2n) is 9.23. The largest absolute Gasteiger partial charge is 0.490 e. The van der Waals surface area contributed by atoms with E-state index in [0.717, 1.165) is 11.5 Å². The quantitative estimate of drug-likeness (QED) is 0.315. The van der Waals surface area contributed by atoms with E-state index in [1.165, 1.54) is 0 Å². The standard InChI is InChI=1S/C21H22N6O3.2C2HF3O2/c28-18(24-15-4-2-1-3-5-15)17-14-27-13-10-22-20(27)21(30-17)7-11-26(12-8-21)19(29)16-6-9-23-25-16;2*3-2(4,5)1(6)7/h1-6,9-10,13,17H,7-8,11-12,14H2,(H,23,25)(H,24,28);2*(H,6,7). The van der Waals surface area contributed by atoms with Gasteiger partial charge in [-0.3, -0.25) is 14.7 Å². The molecule has 0 radical (unpaired) electrons. The van der Waals surface area contributed by atoms with Crippen molar-refractivity contribution < 1.29 is 60.5 Å². The number of benzene rings is 1. The average Bonchev–Trinajstić information content (AvgIpc) is 3.67. The lowest BCUT2D eigenvalue weighted by Crippen LogP contribution is -2.54. The highest BCUT2D eigenvalue weighted by molar-refractivity contribution is 5.94. The molecule has 0 aliphatic carbocycles. The minimum atomic E-state index is -5.08. The van der Waals surface area contributed by atoms with Gasteiger partial charge in [0.15, 0.2) is 6.10 Å². The number of likely N-dealkylation sites (tertiary alicyclic amines) is 1. The molecule has 1 saturated heterocycles. The van der Waals surface area contributed by atoms with Crippen LogP contribution in [0.15, 0.2) is 55.0 Å². The van der Waals surface area contributed by atoms with Crippen LogP contribution in [0.4, 0.5) is 32.0 Å². The van der Waals surface area contributed by atoms with Crippen molar-refractivity contribution in [2.45, 2.75) is 43.4 Å². The number of ether oxygens (including phenoxy) is 1. The predicted octanol–water partition coefficient (Wildman–Crippen LogP) is 3.04. The Morgan fingerprint density at radius 1 is 0.932 bits per heavy atom. The summed E-state index contributed by atoms with van der Waals surface area (Å²) in [5.74, 6) is -4.96. The lowest BCUT2D eigenvalue weighted by atomic mass is 9.88. The Balaban J connectivity index is 0.000000317. The summed E-state index contributed by atoms with van der Waals surface area (Å²) < 4.78 is 71.9. The van der Waals surface area contributed by atoms with Gasteiger partial charge in [0.05, 0.1) is 6.54 Å². The fourth-order valence-corrected chi connectivity index (χ4v) is 4.24. The number of aliphatic carboxylic acids is 2. The molecule has 0 bridgehead atoms. The third kappa shape index (κ3) is 8.55. The fourth-order valence-electron chi connectivity index (χ4n) is 4.24. The molecule has 5 rings (SSSR count). The van der Waals surface area contributed by atoms with Gasteiger partial charge >= 0.3 is 24.3 Å². The molecule has 238 valence electrons. The van der Waals surface area contributed by atoms with Crippen LogP contribution in [0.5, 0.6) is 0 Å². The number of rotatable bonds is 3. The zero-order valence-corrected chi connectivity index (χ0v) is 22.3. The van der Waals surface area contributed by atoms with Gasteiger partial charge in [-0.05, 0) is 18.2 Å². The summed E-state index contributed by atoms with van der Waals surface area (Å²) in [7, 11) is 0. The summed E-state index contributed by atoms with van der Waals surface area (Å²) in [6.45, 7) is 1.43. The number of carboxylic acid groups (broad SMARTS) is 2. The Bertz CT molecular complexity index is 1410. The Hall–Kier alpha value is -4.94. The van der Waals surface area contributed by atoms with E-state index in [-0.39, 0.29) is 11.8 Å². The first kappa shape index (κ1) is 33.6. The van der Waals surface area contributed by atoms with Gasteiger partial charge in [0.25, 0.3) is 11.8 Å². The van der Waals surface area contributed by atoms with Gasteiger partial charge in [-0.1, -0.05) is 18.2 Å². The number of aromatic nitrogens is 4. The number of nitrogens with one attached hydrogen (secondary N) is 2. The Morgan fingerprint density at radius 3 is 2.00 bits per heavy atom. The number of hydrogen-bond donors (Lipinski definition) is 4. The van der Waals surface area contributed by atoms with Crippen LogP contribution in [0.25, 0.3) is 0 Å². The first-order valence-electron chi connectivity index (χ1n) is 12.5. The van der Waals surface area contributed by atoms with E-state index in [9.17, 15) is 35.9 Å². The first-order chi connectivity index (χ1) is 20.5. The van der Waals surface area contributed by atoms with Crippen LogP contribution >= 0.6 is 0 Å². The number of hydrogen-bond acceptors (Lipinski definition) is 7. The second kappa shape index (κ2) is 13.6. The lowest BCUT2D eigenvalue weighted by Gasteiger charge is -2.45. The van der Waals surface area contributed by atoms with Gasteiger partial charge in [0, 0.05) is 50.2 Å². The number of piperidine rings is 1. The number of para-hydroxylation sites is 1. The molecule has 1 fully saturated rings. The maximum absolute atomic E-state index is 12.9. The van der Waals surface area contributed by atoms with Crippen molar-refractivity contribution in [3.8, 4) is 0 Å². The summed E-state index contributed by atoms with van der Waals surface area (Å²) in [5, 5.41) is 23.8. The van der Waals surface area contributed by atoms with Crippen molar-refractivity contribution in [1.29, 1.82) is 0 Å². The van der Waals surface area contributed by atoms with E-state index in [0.29, 0.717) is 38.2 Å². The number of carbonyl (C=O) groups is 4. The molecular formula is C25H24F6N6O7. The third-order valence-electron chi connectivity index (χ3n) is 6.26. The number of H-pyrrole nitrogens is 1. The van der Waals surface area contributed by atoms with E-state index < -0.39 is 36.0 Å². The number of aromatic amines is 1. The van der Waals surface area contributed by atoms with Gasteiger partial charge in [0.1, 0.15) is 17.1 Å². The van der Waals surface area contributed by atoms with Crippen LogP contribution in [-0.4, -0.2) is 90.2 Å². The van der Waals surface area contributed by atoms with E-state index >= 15 is 0 Å². The number of carboxylic acids is 2. The minimum Gasteiger partial charge on any atom is -0.475 e.